The Labute approximate surface area is 240 Å². The Morgan fingerprint density at radius 2 is 1.15 bits per heavy atom. The van der Waals surface area contributed by atoms with Gasteiger partial charge in [0.2, 0.25) is 0 Å². The minimum absolute atomic E-state index is 0.00669. The number of quaternary nitrogens is 1. The highest BCUT2D eigenvalue weighted by atomic mass is 31.2. The quantitative estimate of drug-likeness (QED) is 0.0444. The van der Waals surface area contributed by atoms with Crippen molar-refractivity contribution < 1.29 is 37.6 Å². The summed E-state index contributed by atoms with van der Waals surface area (Å²) in [6.45, 7) is 1.80. The standard InChI is InChI=1S/C30H62NO7P/c1-5-6-7-8-9-10-11-12-13-14-15-16-17-18-19-20-21-22-23-24-30(33)38-29(27-32)28-37-39(34,35)36-26-25-31(2,3)4/h29,32H,5-28H2,1-4H3/t29-/m0/s1. The van der Waals surface area contributed by atoms with Crippen LogP contribution in [0.5, 0.6) is 0 Å². The summed E-state index contributed by atoms with van der Waals surface area (Å²) in [6, 6.07) is 0. The zero-order valence-electron chi connectivity index (χ0n) is 25.8. The molecule has 0 aliphatic rings. The largest absolute Gasteiger partial charge is 0.756 e. The number of carbonyl (C=O) groups excluding carboxylic acids is 1. The Morgan fingerprint density at radius 1 is 0.744 bits per heavy atom. The van der Waals surface area contributed by atoms with Crippen molar-refractivity contribution >= 4 is 13.8 Å². The molecule has 0 bridgehead atoms. The maximum Gasteiger partial charge on any atom is 0.306 e. The van der Waals surface area contributed by atoms with Gasteiger partial charge in [-0.25, -0.2) is 0 Å². The van der Waals surface area contributed by atoms with Gasteiger partial charge in [0.25, 0.3) is 7.82 Å². The van der Waals surface area contributed by atoms with Crippen molar-refractivity contribution in [2.75, 3.05) is 47.5 Å². The predicted octanol–water partition coefficient (Wildman–Crippen LogP) is 6.92. The fourth-order valence-corrected chi connectivity index (χ4v) is 5.08. The summed E-state index contributed by atoms with van der Waals surface area (Å²) in [5.74, 6) is -0.448. The number of hydrogen-bond acceptors (Lipinski definition) is 7. The van der Waals surface area contributed by atoms with Crippen LogP contribution in [0.25, 0.3) is 0 Å². The molecule has 0 aliphatic heterocycles. The smallest absolute Gasteiger partial charge is 0.306 e. The molecule has 9 heteroatoms. The molecule has 0 saturated heterocycles. The summed E-state index contributed by atoms with van der Waals surface area (Å²) in [4.78, 5) is 23.9. The van der Waals surface area contributed by atoms with E-state index in [2.05, 4.69) is 6.92 Å². The molecule has 0 aromatic heterocycles. The SMILES string of the molecule is CCCCCCCCCCCCCCCCCCCCCC(=O)O[C@@H](CO)COP(=O)([O-])OCC[N+](C)(C)C. The summed E-state index contributed by atoms with van der Waals surface area (Å²) in [5, 5.41) is 9.40. The van der Waals surface area contributed by atoms with E-state index in [0.29, 0.717) is 11.0 Å². The number of phosphoric acid groups is 1. The number of hydrogen-bond donors (Lipinski definition) is 1. The maximum absolute atomic E-state index is 12.0. The van der Waals surface area contributed by atoms with Gasteiger partial charge in [-0.3, -0.25) is 9.36 Å². The van der Waals surface area contributed by atoms with Gasteiger partial charge in [0.05, 0.1) is 34.4 Å². The molecule has 0 aliphatic carbocycles. The van der Waals surface area contributed by atoms with Crippen molar-refractivity contribution in [3.63, 3.8) is 0 Å². The van der Waals surface area contributed by atoms with E-state index >= 15 is 0 Å². The number of aliphatic hydroxyl groups excluding tert-OH is 1. The normalized spacial score (nSPS) is 14.3. The topological polar surface area (TPSA) is 105 Å². The first-order valence-corrected chi connectivity index (χ1v) is 17.3. The van der Waals surface area contributed by atoms with Gasteiger partial charge in [-0.2, -0.15) is 0 Å². The second kappa shape index (κ2) is 25.2. The number of aliphatic hydroxyl groups is 1. The molecule has 1 unspecified atom stereocenters. The fraction of sp³-hybridized carbons (Fsp3) is 0.967. The van der Waals surface area contributed by atoms with E-state index in [1.807, 2.05) is 21.1 Å². The highest BCUT2D eigenvalue weighted by Crippen LogP contribution is 2.38. The molecule has 0 aromatic rings. The summed E-state index contributed by atoms with van der Waals surface area (Å²) in [7, 11) is 1.25. The highest BCUT2D eigenvalue weighted by molar-refractivity contribution is 7.45. The lowest BCUT2D eigenvalue weighted by Crippen LogP contribution is -2.37. The van der Waals surface area contributed by atoms with E-state index in [1.165, 1.54) is 103 Å². The molecule has 0 spiro atoms. The molecular weight excluding hydrogens is 517 g/mol. The maximum atomic E-state index is 12.0. The number of phosphoric ester groups is 1. The average Bonchev–Trinajstić information content (AvgIpc) is 2.87. The second-order valence-electron chi connectivity index (χ2n) is 12.0. The van der Waals surface area contributed by atoms with Gasteiger partial charge in [-0.05, 0) is 6.42 Å². The van der Waals surface area contributed by atoms with Crippen LogP contribution in [0.2, 0.25) is 0 Å². The van der Waals surface area contributed by atoms with E-state index in [9.17, 15) is 19.4 Å². The van der Waals surface area contributed by atoms with Gasteiger partial charge in [-0.15, -0.1) is 0 Å². The number of carbonyl (C=O) groups is 1. The zero-order valence-corrected chi connectivity index (χ0v) is 26.7. The molecule has 234 valence electrons. The van der Waals surface area contributed by atoms with E-state index in [-0.39, 0.29) is 13.0 Å². The molecular formula is C30H62NO7P. The Hall–Kier alpha value is -0.500. The minimum atomic E-state index is -4.51. The van der Waals surface area contributed by atoms with Crippen LogP contribution in [0.1, 0.15) is 135 Å². The fourth-order valence-electron chi connectivity index (χ4n) is 4.35. The zero-order chi connectivity index (χ0) is 29.2. The number of likely N-dealkylation sites (N-methyl/N-ethyl adjacent to an activating group) is 1. The second-order valence-corrected chi connectivity index (χ2v) is 13.4. The van der Waals surface area contributed by atoms with Crippen LogP contribution in [0, 0.1) is 0 Å². The van der Waals surface area contributed by atoms with Crippen LogP contribution in [0.3, 0.4) is 0 Å². The van der Waals surface area contributed by atoms with E-state index in [4.69, 9.17) is 13.8 Å². The molecule has 1 N–H and O–H groups in total. The summed E-state index contributed by atoms with van der Waals surface area (Å²) in [6.07, 6.45) is 23.8. The van der Waals surface area contributed by atoms with Crippen molar-refractivity contribution in [3.8, 4) is 0 Å². The van der Waals surface area contributed by atoms with Crippen molar-refractivity contribution in [2.24, 2.45) is 0 Å². The predicted molar refractivity (Wildman–Crippen MR) is 157 cm³/mol. The summed E-state index contributed by atoms with van der Waals surface area (Å²) < 4.78 is 27.1. The highest BCUT2D eigenvalue weighted by Gasteiger charge is 2.19. The van der Waals surface area contributed by atoms with Gasteiger partial charge in [-0.1, -0.05) is 122 Å². The molecule has 8 nitrogen and oxygen atoms in total. The van der Waals surface area contributed by atoms with E-state index < -0.39 is 33.1 Å². The van der Waals surface area contributed by atoms with Crippen LogP contribution in [-0.4, -0.2) is 69.2 Å². The van der Waals surface area contributed by atoms with Gasteiger partial charge in [0, 0.05) is 6.42 Å². The molecule has 0 fully saturated rings. The number of rotatable bonds is 29. The van der Waals surface area contributed by atoms with Gasteiger partial charge in [0.15, 0.2) is 0 Å². The third-order valence-electron chi connectivity index (χ3n) is 6.92. The van der Waals surface area contributed by atoms with Crippen LogP contribution in [0.4, 0.5) is 0 Å². The molecule has 2 atom stereocenters. The number of nitrogens with zero attached hydrogens (tertiary/aromatic N) is 1. The molecule has 39 heavy (non-hydrogen) atoms. The van der Waals surface area contributed by atoms with Crippen LogP contribution < -0.4 is 4.89 Å². The molecule has 0 heterocycles. The third-order valence-corrected chi connectivity index (χ3v) is 7.88. The van der Waals surface area contributed by atoms with Crippen molar-refractivity contribution in [1.29, 1.82) is 0 Å². The Bertz CT molecular complexity index is 613. The van der Waals surface area contributed by atoms with Crippen LogP contribution in [-0.2, 0) is 23.1 Å². The Morgan fingerprint density at radius 3 is 1.54 bits per heavy atom. The van der Waals surface area contributed by atoms with Crippen molar-refractivity contribution in [2.45, 2.75) is 141 Å². The first-order valence-electron chi connectivity index (χ1n) is 15.8. The number of esters is 1. The van der Waals surface area contributed by atoms with Gasteiger partial charge < -0.3 is 28.3 Å². The van der Waals surface area contributed by atoms with E-state index in [1.54, 1.807) is 0 Å². The Balaban J connectivity index is 3.57. The lowest BCUT2D eigenvalue weighted by molar-refractivity contribution is -0.870. The average molecular weight is 580 g/mol. The molecule has 0 saturated carbocycles. The summed E-state index contributed by atoms with van der Waals surface area (Å²) in [5.41, 5.74) is 0. The summed E-state index contributed by atoms with van der Waals surface area (Å²) >= 11 is 0. The number of unbranched alkanes of at least 4 members (excludes halogenated alkanes) is 18. The van der Waals surface area contributed by atoms with Crippen LogP contribution in [0.15, 0.2) is 0 Å². The van der Waals surface area contributed by atoms with Crippen molar-refractivity contribution in [1.82, 2.24) is 0 Å². The lowest BCUT2D eigenvalue weighted by Gasteiger charge is -2.28. The number of ether oxygens (including phenoxy) is 1. The van der Waals surface area contributed by atoms with Gasteiger partial charge >= 0.3 is 5.97 Å². The first-order chi connectivity index (χ1) is 18.6. The first kappa shape index (κ1) is 38.5. The monoisotopic (exact) mass is 579 g/mol. The Kier molecular flexibility index (Phi) is 24.9. The van der Waals surface area contributed by atoms with E-state index in [0.717, 1.165) is 19.3 Å². The van der Waals surface area contributed by atoms with Crippen molar-refractivity contribution in [3.05, 3.63) is 0 Å². The van der Waals surface area contributed by atoms with Crippen LogP contribution >= 0.6 is 7.82 Å². The molecule has 0 aromatic carbocycles. The molecule has 0 rings (SSSR count). The van der Waals surface area contributed by atoms with Gasteiger partial charge in [0.1, 0.15) is 19.3 Å². The molecule has 0 radical (unpaired) electrons. The molecule has 0 amide bonds. The minimum Gasteiger partial charge on any atom is -0.756 e. The third kappa shape index (κ3) is 28.8. The lowest BCUT2D eigenvalue weighted by atomic mass is 10.0.